The summed E-state index contributed by atoms with van der Waals surface area (Å²) in [6.07, 6.45) is 0.551. The summed E-state index contributed by atoms with van der Waals surface area (Å²) in [5, 5.41) is -0.468. The van der Waals surface area contributed by atoms with Crippen LogP contribution >= 0.6 is 0 Å². The van der Waals surface area contributed by atoms with E-state index in [0.717, 1.165) is 13.1 Å². The van der Waals surface area contributed by atoms with Gasteiger partial charge in [0.15, 0.2) is 0 Å². The number of hydrogen-bond acceptors (Lipinski definition) is 4. The first-order chi connectivity index (χ1) is 6.97. The molecular formula is C9H23N3O2S. The van der Waals surface area contributed by atoms with Crippen LogP contribution < -0.4 is 10.5 Å². The lowest BCUT2D eigenvalue weighted by Gasteiger charge is -2.17. The zero-order valence-corrected chi connectivity index (χ0v) is 10.7. The van der Waals surface area contributed by atoms with Crippen LogP contribution in [-0.2, 0) is 10.0 Å². The Morgan fingerprint density at radius 2 is 2.00 bits per heavy atom. The first-order valence-electron chi connectivity index (χ1n) is 5.35. The van der Waals surface area contributed by atoms with E-state index < -0.39 is 15.3 Å². The smallest absolute Gasteiger partial charge is 0.215 e. The van der Waals surface area contributed by atoms with Gasteiger partial charge in [-0.05, 0) is 20.0 Å². The molecule has 0 saturated carbocycles. The molecule has 3 N–H and O–H groups in total. The molecule has 0 aromatic carbocycles. The van der Waals surface area contributed by atoms with Crippen LogP contribution in [0, 0.1) is 0 Å². The molecule has 0 aromatic rings. The van der Waals surface area contributed by atoms with E-state index in [-0.39, 0.29) is 6.54 Å². The Morgan fingerprint density at radius 3 is 2.40 bits per heavy atom. The molecule has 1 atom stereocenters. The minimum Gasteiger partial charge on any atom is -0.329 e. The van der Waals surface area contributed by atoms with E-state index in [0.29, 0.717) is 13.0 Å². The number of nitrogens with two attached hydrogens (primary N) is 1. The third-order valence-corrected chi connectivity index (χ3v) is 4.50. The van der Waals surface area contributed by atoms with E-state index >= 15 is 0 Å². The fourth-order valence-electron chi connectivity index (χ4n) is 1.17. The summed E-state index contributed by atoms with van der Waals surface area (Å²) in [6, 6.07) is 0. The predicted octanol–water partition coefficient (Wildman–Crippen LogP) is -0.405. The quantitative estimate of drug-likeness (QED) is 0.602. The van der Waals surface area contributed by atoms with E-state index in [1.54, 1.807) is 0 Å². The Bertz CT molecular complexity index is 250. The summed E-state index contributed by atoms with van der Waals surface area (Å²) < 4.78 is 25.9. The average molecular weight is 237 g/mol. The maximum Gasteiger partial charge on any atom is 0.215 e. The van der Waals surface area contributed by atoms with E-state index in [9.17, 15) is 8.42 Å². The second kappa shape index (κ2) is 7.16. The van der Waals surface area contributed by atoms with Crippen molar-refractivity contribution < 1.29 is 8.42 Å². The zero-order chi connectivity index (χ0) is 11.9. The number of nitrogens with zero attached hydrogens (tertiary/aromatic N) is 1. The van der Waals surface area contributed by atoms with Crippen molar-refractivity contribution in [1.29, 1.82) is 0 Å². The molecule has 0 bridgehead atoms. The lowest BCUT2D eigenvalue weighted by atomic mass is 10.3. The van der Waals surface area contributed by atoms with Crippen molar-refractivity contribution in [2.24, 2.45) is 5.73 Å². The highest BCUT2D eigenvalue weighted by Crippen LogP contribution is 2.01. The van der Waals surface area contributed by atoms with Crippen LogP contribution in [0.4, 0.5) is 0 Å². The number of nitrogens with one attached hydrogen (secondary N) is 1. The molecule has 0 rings (SSSR count). The fraction of sp³-hybridized carbons (Fsp3) is 1.00. The third-order valence-electron chi connectivity index (χ3n) is 2.49. The highest BCUT2D eigenvalue weighted by Gasteiger charge is 2.21. The summed E-state index contributed by atoms with van der Waals surface area (Å²) in [5.74, 6) is 0. The molecule has 15 heavy (non-hydrogen) atoms. The van der Waals surface area contributed by atoms with Gasteiger partial charge in [-0.15, -0.1) is 0 Å². The van der Waals surface area contributed by atoms with Gasteiger partial charge in [-0.3, -0.25) is 0 Å². The SMILES string of the molecule is CCC(CN)S(=O)(=O)NCCN(C)CC. The highest BCUT2D eigenvalue weighted by atomic mass is 32.2. The molecule has 6 heteroatoms. The lowest BCUT2D eigenvalue weighted by Crippen LogP contribution is -2.41. The van der Waals surface area contributed by atoms with Crippen molar-refractivity contribution in [2.75, 3.05) is 33.2 Å². The van der Waals surface area contributed by atoms with Gasteiger partial charge < -0.3 is 10.6 Å². The molecule has 0 radical (unpaired) electrons. The number of likely N-dealkylation sites (N-methyl/N-ethyl adjacent to an activating group) is 1. The summed E-state index contributed by atoms with van der Waals surface area (Å²) in [4.78, 5) is 2.05. The van der Waals surface area contributed by atoms with Gasteiger partial charge in [0, 0.05) is 19.6 Å². The van der Waals surface area contributed by atoms with Crippen LogP contribution in [0.25, 0.3) is 0 Å². The molecular weight excluding hydrogens is 214 g/mol. The average Bonchev–Trinajstić information content (AvgIpc) is 2.18. The maximum absolute atomic E-state index is 11.7. The van der Waals surface area contributed by atoms with Gasteiger partial charge in [0.05, 0.1) is 5.25 Å². The molecule has 5 nitrogen and oxygen atoms in total. The third kappa shape index (κ3) is 5.46. The van der Waals surface area contributed by atoms with Crippen molar-refractivity contribution in [2.45, 2.75) is 25.5 Å². The molecule has 0 heterocycles. The van der Waals surface area contributed by atoms with Crippen LogP contribution in [0.3, 0.4) is 0 Å². The largest absolute Gasteiger partial charge is 0.329 e. The van der Waals surface area contributed by atoms with Gasteiger partial charge in [-0.1, -0.05) is 13.8 Å². The Hall–Kier alpha value is -0.170. The van der Waals surface area contributed by atoms with Crippen LogP contribution in [0.1, 0.15) is 20.3 Å². The van der Waals surface area contributed by atoms with Crippen LogP contribution in [-0.4, -0.2) is 51.8 Å². The molecule has 0 fully saturated rings. The van der Waals surface area contributed by atoms with Gasteiger partial charge in [0.2, 0.25) is 10.0 Å². The summed E-state index contributed by atoms with van der Waals surface area (Å²) >= 11 is 0. The van der Waals surface area contributed by atoms with E-state index in [4.69, 9.17) is 5.73 Å². The van der Waals surface area contributed by atoms with Gasteiger partial charge in [0.1, 0.15) is 0 Å². The van der Waals surface area contributed by atoms with Gasteiger partial charge in [-0.25, -0.2) is 13.1 Å². The molecule has 0 aliphatic heterocycles. The summed E-state index contributed by atoms with van der Waals surface area (Å²) in [7, 11) is -1.28. The van der Waals surface area contributed by atoms with Gasteiger partial charge in [0.25, 0.3) is 0 Å². The molecule has 0 aliphatic carbocycles. The Labute approximate surface area is 93.1 Å². The van der Waals surface area contributed by atoms with E-state index in [1.807, 2.05) is 25.8 Å². The normalized spacial score (nSPS) is 14.5. The first-order valence-corrected chi connectivity index (χ1v) is 6.89. The number of sulfonamides is 1. The molecule has 1 unspecified atom stereocenters. The Kier molecular flexibility index (Phi) is 7.08. The zero-order valence-electron chi connectivity index (χ0n) is 9.86. The van der Waals surface area contributed by atoms with Crippen molar-refractivity contribution >= 4 is 10.0 Å². The number of rotatable bonds is 8. The minimum atomic E-state index is -3.23. The monoisotopic (exact) mass is 237 g/mol. The second-order valence-corrected chi connectivity index (χ2v) is 5.65. The topological polar surface area (TPSA) is 75.4 Å². The molecule has 0 saturated heterocycles. The molecule has 0 aliphatic rings. The van der Waals surface area contributed by atoms with Crippen LogP contribution in [0.15, 0.2) is 0 Å². The summed E-state index contributed by atoms with van der Waals surface area (Å²) in [6.45, 7) is 6.11. The van der Waals surface area contributed by atoms with E-state index in [2.05, 4.69) is 4.72 Å². The highest BCUT2D eigenvalue weighted by molar-refractivity contribution is 7.90. The standard InChI is InChI=1S/C9H23N3O2S/c1-4-9(8-10)15(13,14)11-6-7-12(3)5-2/h9,11H,4-8,10H2,1-3H3. The van der Waals surface area contributed by atoms with Crippen molar-refractivity contribution in [3.05, 3.63) is 0 Å². The van der Waals surface area contributed by atoms with Crippen molar-refractivity contribution in [3.63, 3.8) is 0 Å². The Morgan fingerprint density at radius 1 is 1.40 bits per heavy atom. The lowest BCUT2D eigenvalue weighted by molar-refractivity contribution is 0.357. The van der Waals surface area contributed by atoms with Crippen molar-refractivity contribution in [1.82, 2.24) is 9.62 Å². The van der Waals surface area contributed by atoms with E-state index in [1.165, 1.54) is 0 Å². The predicted molar refractivity (Wildman–Crippen MR) is 63.2 cm³/mol. The molecule has 92 valence electrons. The van der Waals surface area contributed by atoms with Crippen molar-refractivity contribution in [3.8, 4) is 0 Å². The second-order valence-electron chi connectivity index (χ2n) is 3.60. The Balaban J connectivity index is 4.04. The first kappa shape index (κ1) is 14.8. The maximum atomic E-state index is 11.7. The molecule has 0 amide bonds. The number of hydrogen-bond donors (Lipinski definition) is 2. The minimum absolute atomic E-state index is 0.176. The molecule has 0 aromatic heterocycles. The van der Waals surface area contributed by atoms with Gasteiger partial charge in [-0.2, -0.15) is 0 Å². The van der Waals surface area contributed by atoms with Crippen LogP contribution in [0.2, 0.25) is 0 Å². The fourth-order valence-corrected chi connectivity index (χ4v) is 2.47. The van der Waals surface area contributed by atoms with Crippen LogP contribution in [0.5, 0.6) is 0 Å². The summed E-state index contributed by atoms with van der Waals surface area (Å²) in [5.41, 5.74) is 5.40. The van der Waals surface area contributed by atoms with Gasteiger partial charge >= 0.3 is 0 Å². The molecule has 0 spiro atoms.